The Bertz CT molecular complexity index is 922. The van der Waals surface area contributed by atoms with Crippen LogP contribution >= 0.6 is 0 Å². The maximum absolute atomic E-state index is 13.1. The molecule has 24 heavy (non-hydrogen) atoms. The number of anilines is 1. The van der Waals surface area contributed by atoms with E-state index in [9.17, 15) is 14.3 Å². The van der Waals surface area contributed by atoms with E-state index in [4.69, 9.17) is 0 Å². The van der Waals surface area contributed by atoms with Crippen molar-refractivity contribution in [2.24, 2.45) is 0 Å². The van der Waals surface area contributed by atoms with Crippen LogP contribution in [0, 0.1) is 5.82 Å². The molecule has 0 bridgehead atoms. The van der Waals surface area contributed by atoms with Gasteiger partial charge in [0.15, 0.2) is 0 Å². The second kappa shape index (κ2) is 6.83. The SMILES string of the molecule is O=C(N/C=C/c1cccc(F)c1)Nc1cccc2c(O)cccc12. The molecule has 0 radical (unpaired) electrons. The van der Waals surface area contributed by atoms with Crippen molar-refractivity contribution in [1.29, 1.82) is 0 Å². The van der Waals surface area contributed by atoms with Gasteiger partial charge in [-0.3, -0.25) is 0 Å². The molecule has 0 heterocycles. The fourth-order valence-electron chi connectivity index (χ4n) is 2.38. The lowest BCUT2D eigenvalue weighted by Gasteiger charge is -2.09. The van der Waals surface area contributed by atoms with E-state index in [1.54, 1.807) is 48.5 Å². The van der Waals surface area contributed by atoms with Crippen molar-refractivity contribution in [3.8, 4) is 5.75 Å². The number of nitrogens with one attached hydrogen (secondary N) is 2. The monoisotopic (exact) mass is 322 g/mol. The van der Waals surface area contributed by atoms with E-state index in [0.29, 0.717) is 16.6 Å². The molecule has 5 heteroatoms. The lowest BCUT2D eigenvalue weighted by molar-refractivity contribution is 0.255. The number of halogens is 1. The van der Waals surface area contributed by atoms with Gasteiger partial charge in [-0.1, -0.05) is 36.4 Å². The number of urea groups is 1. The van der Waals surface area contributed by atoms with Crippen molar-refractivity contribution >= 4 is 28.6 Å². The molecule has 0 atom stereocenters. The second-order valence-corrected chi connectivity index (χ2v) is 5.16. The average Bonchev–Trinajstić information content (AvgIpc) is 2.56. The quantitative estimate of drug-likeness (QED) is 0.666. The number of aromatic hydroxyl groups is 1. The van der Waals surface area contributed by atoms with Gasteiger partial charge in [0.25, 0.3) is 0 Å². The lowest BCUT2D eigenvalue weighted by Crippen LogP contribution is -2.23. The number of benzene rings is 3. The van der Waals surface area contributed by atoms with Gasteiger partial charge < -0.3 is 15.7 Å². The van der Waals surface area contributed by atoms with Crippen LogP contribution in [-0.2, 0) is 0 Å². The molecule has 0 unspecified atom stereocenters. The Labute approximate surface area is 138 Å². The Hall–Kier alpha value is -3.34. The summed E-state index contributed by atoms with van der Waals surface area (Å²) in [7, 11) is 0. The number of phenolic OH excluding ortho intramolecular Hbond substituents is 1. The lowest BCUT2D eigenvalue weighted by atomic mass is 10.1. The number of phenols is 1. The van der Waals surface area contributed by atoms with E-state index in [1.807, 2.05) is 6.07 Å². The van der Waals surface area contributed by atoms with Crippen LogP contribution in [0.15, 0.2) is 66.9 Å². The van der Waals surface area contributed by atoms with Crippen molar-refractivity contribution in [3.63, 3.8) is 0 Å². The van der Waals surface area contributed by atoms with Gasteiger partial charge in [0.05, 0.1) is 5.69 Å². The predicted molar refractivity (Wildman–Crippen MR) is 93.2 cm³/mol. The zero-order valence-corrected chi connectivity index (χ0v) is 12.7. The second-order valence-electron chi connectivity index (χ2n) is 5.16. The number of hydrogen-bond donors (Lipinski definition) is 3. The summed E-state index contributed by atoms with van der Waals surface area (Å²) in [6.45, 7) is 0. The van der Waals surface area contributed by atoms with Crippen LogP contribution in [0.25, 0.3) is 16.8 Å². The van der Waals surface area contributed by atoms with Crippen molar-refractivity contribution in [2.75, 3.05) is 5.32 Å². The summed E-state index contributed by atoms with van der Waals surface area (Å²) >= 11 is 0. The highest BCUT2D eigenvalue weighted by atomic mass is 19.1. The molecule has 3 N–H and O–H groups in total. The molecule has 3 aromatic carbocycles. The van der Waals surface area contributed by atoms with Gasteiger partial charge in [0.2, 0.25) is 0 Å². The number of rotatable bonds is 3. The highest BCUT2D eigenvalue weighted by Crippen LogP contribution is 2.29. The summed E-state index contributed by atoms with van der Waals surface area (Å²) in [5.41, 5.74) is 1.23. The number of hydrogen-bond acceptors (Lipinski definition) is 2. The van der Waals surface area contributed by atoms with E-state index in [-0.39, 0.29) is 11.6 Å². The average molecular weight is 322 g/mol. The minimum Gasteiger partial charge on any atom is -0.507 e. The van der Waals surface area contributed by atoms with Gasteiger partial charge in [0, 0.05) is 17.0 Å². The summed E-state index contributed by atoms with van der Waals surface area (Å²) in [5.74, 6) is -0.181. The Morgan fingerprint density at radius 1 is 1.00 bits per heavy atom. The molecule has 0 spiro atoms. The molecule has 120 valence electrons. The normalized spacial score (nSPS) is 10.9. The van der Waals surface area contributed by atoms with Crippen LogP contribution in [0.2, 0.25) is 0 Å². The minimum absolute atomic E-state index is 0.155. The number of carbonyl (C=O) groups is 1. The van der Waals surface area contributed by atoms with Crippen LogP contribution in [0.3, 0.4) is 0 Å². The Kier molecular flexibility index (Phi) is 4.43. The molecule has 3 rings (SSSR count). The maximum atomic E-state index is 13.1. The molecule has 0 fully saturated rings. The largest absolute Gasteiger partial charge is 0.507 e. The third-order valence-electron chi connectivity index (χ3n) is 3.49. The molecule has 0 saturated heterocycles. The summed E-state index contributed by atoms with van der Waals surface area (Å²) in [4.78, 5) is 12.0. The van der Waals surface area contributed by atoms with Gasteiger partial charge in [-0.2, -0.15) is 0 Å². The third-order valence-corrected chi connectivity index (χ3v) is 3.49. The summed E-state index contributed by atoms with van der Waals surface area (Å²) in [6.07, 6.45) is 3.03. The molecule has 0 aliphatic heterocycles. The van der Waals surface area contributed by atoms with E-state index < -0.39 is 6.03 Å². The van der Waals surface area contributed by atoms with Gasteiger partial charge >= 0.3 is 6.03 Å². The van der Waals surface area contributed by atoms with Gasteiger partial charge in [-0.25, -0.2) is 9.18 Å². The molecule has 0 saturated carbocycles. The Balaban J connectivity index is 1.70. The fourth-order valence-corrected chi connectivity index (χ4v) is 2.38. The van der Waals surface area contributed by atoms with Crippen LogP contribution in [0.1, 0.15) is 5.56 Å². The van der Waals surface area contributed by atoms with E-state index in [2.05, 4.69) is 10.6 Å². The molecule has 2 amide bonds. The standard InChI is InChI=1S/C19H15FN2O2/c20-14-5-1-4-13(12-14)10-11-21-19(24)22-17-8-2-7-16-15(17)6-3-9-18(16)23/h1-12,23H,(H2,21,22,24)/b11-10+. The van der Waals surface area contributed by atoms with Gasteiger partial charge in [-0.05, 0) is 35.9 Å². The third kappa shape index (κ3) is 3.52. The van der Waals surface area contributed by atoms with E-state index in [1.165, 1.54) is 18.3 Å². The Morgan fingerprint density at radius 2 is 1.75 bits per heavy atom. The first-order chi connectivity index (χ1) is 11.6. The number of fused-ring (bicyclic) bond motifs is 1. The van der Waals surface area contributed by atoms with Crippen LogP contribution in [-0.4, -0.2) is 11.1 Å². The van der Waals surface area contributed by atoms with Crippen LogP contribution in [0.4, 0.5) is 14.9 Å². The maximum Gasteiger partial charge on any atom is 0.323 e. The van der Waals surface area contributed by atoms with Crippen molar-refractivity contribution in [2.45, 2.75) is 0 Å². The molecular weight excluding hydrogens is 307 g/mol. The van der Waals surface area contributed by atoms with Crippen molar-refractivity contribution in [3.05, 3.63) is 78.2 Å². The topological polar surface area (TPSA) is 61.4 Å². The van der Waals surface area contributed by atoms with Crippen molar-refractivity contribution in [1.82, 2.24) is 5.32 Å². The molecule has 0 aliphatic carbocycles. The molecule has 0 aliphatic rings. The first-order valence-corrected chi connectivity index (χ1v) is 7.34. The van der Waals surface area contributed by atoms with E-state index in [0.717, 1.165) is 5.39 Å². The molecule has 4 nitrogen and oxygen atoms in total. The zero-order chi connectivity index (χ0) is 16.9. The van der Waals surface area contributed by atoms with Crippen LogP contribution < -0.4 is 10.6 Å². The predicted octanol–water partition coefficient (Wildman–Crippen LogP) is 4.48. The highest BCUT2D eigenvalue weighted by Gasteiger charge is 2.06. The first-order valence-electron chi connectivity index (χ1n) is 7.34. The zero-order valence-electron chi connectivity index (χ0n) is 12.7. The van der Waals surface area contributed by atoms with E-state index >= 15 is 0 Å². The fraction of sp³-hybridized carbons (Fsp3) is 0. The van der Waals surface area contributed by atoms with Gasteiger partial charge in [-0.15, -0.1) is 0 Å². The smallest absolute Gasteiger partial charge is 0.323 e. The van der Waals surface area contributed by atoms with Crippen molar-refractivity contribution < 1.29 is 14.3 Å². The molecule has 3 aromatic rings. The summed E-state index contributed by atoms with van der Waals surface area (Å²) in [5, 5.41) is 16.5. The van der Waals surface area contributed by atoms with Gasteiger partial charge in [0.1, 0.15) is 11.6 Å². The summed E-state index contributed by atoms with van der Waals surface area (Å²) < 4.78 is 13.1. The van der Waals surface area contributed by atoms with Crippen LogP contribution in [0.5, 0.6) is 5.75 Å². The number of amides is 2. The number of carbonyl (C=O) groups excluding carboxylic acids is 1. The molecular formula is C19H15FN2O2. The molecule has 0 aromatic heterocycles. The Morgan fingerprint density at radius 3 is 2.58 bits per heavy atom. The first kappa shape index (κ1) is 15.6. The minimum atomic E-state index is -0.432. The highest BCUT2D eigenvalue weighted by molar-refractivity contribution is 6.03. The summed E-state index contributed by atoms with van der Waals surface area (Å²) in [6, 6.07) is 16.0.